The fourth-order valence-corrected chi connectivity index (χ4v) is 3.65. The van der Waals surface area contributed by atoms with Gasteiger partial charge in [-0.15, -0.1) is 10.2 Å². The van der Waals surface area contributed by atoms with Gasteiger partial charge in [0, 0.05) is 17.4 Å². The number of hydrogen-bond acceptors (Lipinski definition) is 5. The second-order valence-electron chi connectivity index (χ2n) is 5.76. The van der Waals surface area contributed by atoms with Crippen LogP contribution in [0.3, 0.4) is 0 Å². The van der Waals surface area contributed by atoms with Crippen molar-refractivity contribution in [2.24, 2.45) is 0 Å². The summed E-state index contributed by atoms with van der Waals surface area (Å²) in [6, 6.07) is 14.8. The van der Waals surface area contributed by atoms with E-state index in [1.807, 2.05) is 55.7 Å². The largest absolute Gasteiger partial charge is 0.274 e. The molecule has 6 nitrogen and oxygen atoms in total. The van der Waals surface area contributed by atoms with Gasteiger partial charge in [0.15, 0.2) is 5.16 Å². The van der Waals surface area contributed by atoms with Crippen LogP contribution in [-0.2, 0) is 0 Å². The van der Waals surface area contributed by atoms with Crippen molar-refractivity contribution in [2.45, 2.75) is 31.2 Å². The van der Waals surface area contributed by atoms with Crippen LogP contribution < -0.4 is 0 Å². The third kappa shape index (κ3) is 3.56. The van der Waals surface area contributed by atoms with Crippen molar-refractivity contribution in [2.75, 3.05) is 0 Å². The Bertz CT molecular complexity index is 923. The summed E-state index contributed by atoms with van der Waals surface area (Å²) in [6.45, 7) is 5.98. The van der Waals surface area contributed by atoms with E-state index < -0.39 is 0 Å². The van der Waals surface area contributed by atoms with Crippen LogP contribution in [0.15, 0.2) is 53.7 Å². The lowest BCUT2D eigenvalue weighted by atomic mass is 10.1. The van der Waals surface area contributed by atoms with E-state index in [0.717, 1.165) is 27.8 Å². The third-order valence-corrected chi connectivity index (χ3v) is 5.08. The van der Waals surface area contributed by atoms with Gasteiger partial charge in [-0.25, -0.2) is 0 Å². The first-order chi connectivity index (χ1) is 12.0. The van der Waals surface area contributed by atoms with Crippen LogP contribution in [-0.4, -0.2) is 19.7 Å². The van der Waals surface area contributed by atoms with Crippen molar-refractivity contribution in [3.05, 3.63) is 75.6 Å². The second kappa shape index (κ2) is 7.06. The molecule has 0 saturated carbocycles. The predicted molar refractivity (Wildman–Crippen MR) is 98.2 cm³/mol. The summed E-state index contributed by atoms with van der Waals surface area (Å²) < 4.78 is 2.02. The first-order valence-electron chi connectivity index (χ1n) is 7.86. The van der Waals surface area contributed by atoms with Gasteiger partial charge in [-0.1, -0.05) is 42.1 Å². The summed E-state index contributed by atoms with van der Waals surface area (Å²) in [5, 5.41) is 20.3. The van der Waals surface area contributed by atoms with E-state index in [2.05, 4.69) is 10.2 Å². The zero-order chi connectivity index (χ0) is 18.0. The summed E-state index contributed by atoms with van der Waals surface area (Å²) in [4.78, 5) is 10.6. The summed E-state index contributed by atoms with van der Waals surface area (Å²) in [7, 11) is 0. The molecule has 0 saturated heterocycles. The molecule has 1 heterocycles. The molecular formula is C18H18N4O2S. The number of rotatable bonds is 5. The zero-order valence-corrected chi connectivity index (χ0v) is 15.0. The first-order valence-corrected chi connectivity index (χ1v) is 8.74. The Kier molecular flexibility index (Phi) is 4.85. The SMILES string of the molecule is Cc1ccccc1-n1c(C)nnc1SC(C)c1cccc([N+](=O)[O-])c1. The Morgan fingerprint density at radius 2 is 1.88 bits per heavy atom. The van der Waals surface area contributed by atoms with Crippen molar-refractivity contribution >= 4 is 17.4 Å². The lowest BCUT2D eigenvalue weighted by molar-refractivity contribution is -0.384. The maximum Gasteiger partial charge on any atom is 0.269 e. The zero-order valence-electron chi connectivity index (χ0n) is 14.2. The molecule has 1 atom stereocenters. The Balaban J connectivity index is 1.93. The van der Waals surface area contributed by atoms with Crippen molar-refractivity contribution < 1.29 is 4.92 Å². The molecule has 3 aromatic rings. The van der Waals surface area contributed by atoms with Crippen LogP contribution in [0.5, 0.6) is 0 Å². The molecule has 0 aliphatic carbocycles. The fraction of sp³-hybridized carbons (Fsp3) is 0.222. The predicted octanol–water partition coefficient (Wildman–Crippen LogP) is 4.65. The molecule has 0 bridgehead atoms. The number of hydrogen-bond donors (Lipinski definition) is 0. The minimum Gasteiger partial charge on any atom is -0.274 e. The van der Waals surface area contributed by atoms with Gasteiger partial charge in [-0.3, -0.25) is 14.7 Å². The maximum absolute atomic E-state index is 11.0. The van der Waals surface area contributed by atoms with Gasteiger partial charge < -0.3 is 0 Å². The van der Waals surface area contributed by atoms with Crippen molar-refractivity contribution in [3.8, 4) is 5.69 Å². The van der Waals surface area contributed by atoms with Gasteiger partial charge in [0.25, 0.3) is 5.69 Å². The van der Waals surface area contributed by atoms with E-state index in [4.69, 9.17) is 0 Å². The number of nitro benzene ring substituents is 1. The number of nitro groups is 1. The lowest BCUT2D eigenvalue weighted by Crippen LogP contribution is -2.02. The van der Waals surface area contributed by atoms with Crippen molar-refractivity contribution in [3.63, 3.8) is 0 Å². The minimum absolute atomic E-state index is 0.00580. The molecule has 0 aliphatic rings. The van der Waals surface area contributed by atoms with Crippen molar-refractivity contribution in [1.82, 2.24) is 14.8 Å². The molecular weight excluding hydrogens is 336 g/mol. The van der Waals surface area contributed by atoms with Crippen LogP contribution >= 0.6 is 11.8 Å². The Morgan fingerprint density at radius 3 is 2.60 bits per heavy atom. The third-order valence-electron chi connectivity index (χ3n) is 3.98. The monoisotopic (exact) mass is 354 g/mol. The Labute approximate surface area is 150 Å². The van der Waals surface area contributed by atoms with Gasteiger partial charge in [-0.2, -0.15) is 0 Å². The van der Waals surface area contributed by atoms with Crippen LogP contribution in [0.1, 0.15) is 29.1 Å². The van der Waals surface area contributed by atoms with Gasteiger partial charge in [-0.05, 0) is 38.0 Å². The Morgan fingerprint density at radius 1 is 1.12 bits per heavy atom. The average molecular weight is 354 g/mol. The lowest BCUT2D eigenvalue weighted by Gasteiger charge is -2.14. The van der Waals surface area contributed by atoms with E-state index in [1.165, 1.54) is 17.8 Å². The van der Waals surface area contributed by atoms with E-state index in [9.17, 15) is 10.1 Å². The highest BCUT2D eigenvalue weighted by atomic mass is 32.2. The molecule has 0 aliphatic heterocycles. The van der Waals surface area contributed by atoms with Crippen molar-refractivity contribution in [1.29, 1.82) is 0 Å². The quantitative estimate of drug-likeness (QED) is 0.379. The number of para-hydroxylation sites is 1. The smallest absolute Gasteiger partial charge is 0.269 e. The standard InChI is InChI=1S/C18H18N4O2S/c1-12-7-4-5-10-17(12)21-14(3)19-20-18(21)25-13(2)15-8-6-9-16(11-15)22(23)24/h4-11,13H,1-3H3. The normalized spacial score (nSPS) is 12.1. The molecule has 2 aromatic carbocycles. The topological polar surface area (TPSA) is 73.8 Å². The number of nitrogens with zero attached hydrogens (tertiary/aromatic N) is 4. The molecule has 0 radical (unpaired) electrons. The second-order valence-corrected chi connectivity index (χ2v) is 7.07. The number of aryl methyl sites for hydroxylation is 2. The van der Waals surface area contributed by atoms with Crippen LogP contribution in [0, 0.1) is 24.0 Å². The fourth-order valence-electron chi connectivity index (χ4n) is 2.63. The summed E-state index contributed by atoms with van der Waals surface area (Å²) in [6.07, 6.45) is 0. The highest BCUT2D eigenvalue weighted by molar-refractivity contribution is 7.99. The molecule has 1 unspecified atom stereocenters. The summed E-state index contributed by atoms with van der Waals surface area (Å²) in [5.41, 5.74) is 3.16. The van der Waals surface area contributed by atoms with E-state index in [1.54, 1.807) is 12.1 Å². The van der Waals surface area contributed by atoms with Gasteiger partial charge >= 0.3 is 0 Å². The first kappa shape index (κ1) is 17.2. The number of non-ortho nitro benzene ring substituents is 1. The van der Waals surface area contributed by atoms with Crippen LogP contribution in [0.4, 0.5) is 5.69 Å². The van der Waals surface area contributed by atoms with E-state index >= 15 is 0 Å². The molecule has 7 heteroatoms. The summed E-state index contributed by atoms with van der Waals surface area (Å²) >= 11 is 1.53. The van der Waals surface area contributed by atoms with Crippen LogP contribution in [0.25, 0.3) is 5.69 Å². The molecule has 1 aromatic heterocycles. The number of aromatic nitrogens is 3. The number of benzene rings is 2. The molecule has 0 spiro atoms. The molecule has 3 rings (SSSR count). The molecule has 25 heavy (non-hydrogen) atoms. The molecule has 128 valence electrons. The highest BCUT2D eigenvalue weighted by Gasteiger charge is 2.18. The highest BCUT2D eigenvalue weighted by Crippen LogP contribution is 2.36. The average Bonchev–Trinajstić information content (AvgIpc) is 2.96. The van der Waals surface area contributed by atoms with Gasteiger partial charge in [0.1, 0.15) is 5.82 Å². The molecule has 0 N–H and O–H groups in total. The molecule has 0 fully saturated rings. The number of thioether (sulfide) groups is 1. The minimum atomic E-state index is -0.374. The Hall–Kier alpha value is -2.67. The van der Waals surface area contributed by atoms with Gasteiger partial charge in [0.05, 0.1) is 10.6 Å². The van der Waals surface area contributed by atoms with Gasteiger partial charge in [0.2, 0.25) is 0 Å². The van der Waals surface area contributed by atoms with E-state index in [-0.39, 0.29) is 15.9 Å². The van der Waals surface area contributed by atoms with Crippen LogP contribution in [0.2, 0.25) is 0 Å². The summed E-state index contributed by atoms with van der Waals surface area (Å²) in [5.74, 6) is 0.808. The molecule has 0 amide bonds. The van der Waals surface area contributed by atoms with E-state index in [0.29, 0.717) is 0 Å². The maximum atomic E-state index is 11.0.